The van der Waals surface area contributed by atoms with Crippen molar-refractivity contribution < 1.29 is 17.6 Å². The van der Waals surface area contributed by atoms with E-state index < -0.39 is 21.6 Å². The summed E-state index contributed by atoms with van der Waals surface area (Å²) in [5.74, 6) is -0.288. The van der Waals surface area contributed by atoms with Crippen molar-refractivity contribution in [3.05, 3.63) is 59.2 Å². The van der Waals surface area contributed by atoms with E-state index in [1.54, 1.807) is 12.1 Å². The van der Waals surface area contributed by atoms with Gasteiger partial charge >= 0.3 is 0 Å². The number of benzene rings is 2. The Bertz CT molecular complexity index is 1280. The standard InChI is InChI=1S/C20H19FN4O3S/c1-3-25-12(2)22-17-10-13(4-6-18(17)25)20(26)24-23-16-8-9-29(27,28)19-7-5-14(21)11-15(16)19/h4-7,10-11H,3,8-9H2,1-2H3,(H,24,26)/b23-16+. The van der Waals surface area contributed by atoms with E-state index in [1.165, 1.54) is 6.07 Å². The molecule has 0 radical (unpaired) electrons. The summed E-state index contributed by atoms with van der Waals surface area (Å²) in [4.78, 5) is 17.1. The third-order valence-corrected chi connectivity index (χ3v) is 6.77. The van der Waals surface area contributed by atoms with E-state index in [2.05, 4.69) is 15.5 Å². The van der Waals surface area contributed by atoms with E-state index in [4.69, 9.17) is 0 Å². The Morgan fingerprint density at radius 3 is 2.83 bits per heavy atom. The number of nitrogens with one attached hydrogen (secondary N) is 1. The average molecular weight is 414 g/mol. The second-order valence-electron chi connectivity index (χ2n) is 6.82. The van der Waals surface area contributed by atoms with Gasteiger partial charge < -0.3 is 4.57 Å². The summed E-state index contributed by atoms with van der Waals surface area (Å²) >= 11 is 0. The number of aryl methyl sites for hydroxylation is 2. The van der Waals surface area contributed by atoms with Gasteiger partial charge in [0.1, 0.15) is 11.6 Å². The van der Waals surface area contributed by atoms with Gasteiger partial charge in [0.05, 0.1) is 27.4 Å². The number of fused-ring (bicyclic) bond motifs is 2. The molecule has 7 nitrogen and oxygen atoms in total. The maximum atomic E-state index is 13.6. The first kappa shape index (κ1) is 19.3. The molecule has 2 heterocycles. The van der Waals surface area contributed by atoms with Crippen LogP contribution in [0.3, 0.4) is 0 Å². The molecule has 0 atom stereocenters. The van der Waals surface area contributed by atoms with Crippen LogP contribution in [0.15, 0.2) is 46.4 Å². The molecule has 0 bridgehead atoms. The highest BCUT2D eigenvalue weighted by atomic mass is 32.2. The molecule has 0 aliphatic carbocycles. The van der Waals surface area contributed by atoms with Crippen LogP contribution < -0.4 is 5.43 Å². The molecule has 1 aliphatic rings. The van der Waals surface area contributed by atoms with Crippen molar-refractivity contribution >= 4 is 32.5 Å². The van der Waals surface area contributed by atoms with Crippen molar-refractivity contribution in [2.75, 3.05) is 5.75 Å². The lowest BCUT2D eigenvalue weighted by Gasteiger charge is -2.18. The Labute approximate surface area is 167 Å². The number of halogens is 1. The summed E-state index contributed by atoms with van der Waals surface area (Å²) in [6.45, 7) is 4.71. The number of amides is 1. The van der Waals surface area contributed by atoms with Gasteiger partial charge in [0.2, 0.25) is 0 Å². The fourth-order valence-corrected chi connectivity index (χ4v) is 5.03. The van der Waals surface area contributed by atoms with E-state index in [0.717, 1.165) is 30.0 Å². The molecule has 0 fully saturated rings. The van der Waals surface area contributed by atoms with E-state index in [1.807, 2.05) is 24.5 Å². The molecule has 3 aromatic rings. The van der Waals surface area contributed by atoms with E-state index in [-0.39, 0.29) is 22.6 Å². The van der Waals surface area contributed by atoms with Crippen LogP contribution >= 0.6 is 0 Å². The van der Waals surface area contributed by atoms with Crippen LogP contribution in [0.5, 0.6) is 0 Å². The second-order valence-corrected chi connectivity index (χ2v) is 8.89. The zero-order valence-corrected chi connectivity index (χ0v) is 16.8. The molecular formula is C20H19FN4O3S. The molecular weight excluding hydrogens is 395 g/mol. The Morgan fingerprint density at radius 1 is 1.28 bits per heavy atom. The van der Waals surface area contributed by atoms with Gasteiger partial charge in [0.25, 0.3) is 5.91 Å². The number of sulfone groups is 1. The molecule has 1 aromatic heterocycles. The van der Waals surface area contributed by atoms with Gasteiger partial charge in [-0.15, -0.1) is 0 Å². The normalized spacial score (nSPS) is 16.7. The summed E-state index contributed by atoms with van der Waals surface area (Å²) in [6.07, 6.45) is 0.0954. The van der Waals surface area contributed by atoms with Gasteiger partial charge in [0.15, 0.2) is 9.84 Å². The van der Waals surface area contributed by atoms with Gasteiger partial charge in [-0.3, -0.25) is 4.79 Å². The van der Waals surface area contributed by atoms with Crippen LogP contribution in [0.25, 0.3) is 11.0 Å². The fraction of sp³-hybridized carbons (Fsp3) is 0.250. The van der Waals surface area contributed by atoms with Gasteiger partial charge in [0, 0.05) is 24.1 Å². The van der Waals surface area contributed by atoms with Gasteiger partial charge in [-0.1, -0.05) is 0 Å². The third kappa shape index (κ3) is 3.42. The van der Waals surface area contributed by atoms with Gasteiger partial charge in [-0.25, -0.2) is 23.2 Å². The van der Waals surface area contributed by atoms with E-state index >= 15 is 0 Å². The van der Waals surface area contributed by atoms with Crippen LogP contribution in [0.4, 0.5) is 4.39 Å². The van der Waals surface area contributed by atoms with Gasteiger partial charge in [-0.2, -0.15) is 5.10 Å². The number of hydrogen-bond donors (Lipinski definition) is 1. The van der Waals surface area contributed by atoms with Crippen molar-refractivity contribution in [3.63, 3.8) is 0 Å². The Morgan fingerprint density at radius 2 is 2.07 bits per heavy atom. The molecule has 2 aromatic carbocycles. The molecule has 1 amide bonds. The number of imidazole rings is 1. The summed E-state index contributed by atoms with van der Waals surface area (Å²) in [5, 5.41) is 4.09. The molecule has 1 aliphatic heterocycles. The second kappa shape index (κ2) is 7.07. The average Bonchev–Trinajstić information content (AvgIpc) is 3.00. The molecule has 0 unspecified atom stereocenters. The zero-order chi connectivity index (χ0) is 20.8. The minimum Gasteiger partial charge on any atom is -0.329 e. The Kier molecular flexibility index (Phi) is 4.70. The molecule has 29 heavy (non-hydrogen) atoms. The third-order valence-electron chi connectivity index (χ3n) is 5.01. The molecule has 0 saturated heterocycles. The number of hydrazone groups is 1. The van der Waals surface area contributed by atoms with Crippen LogP contribution in [-0.4, -0.2) is 35.3 Å². The lowest BCUT2D eigenvalue weighted by molar-refractivity contribution is 0.0955. The SMILES string of the molecule is CCn1c(C)nc2cc(C(=O)N/N=C3\CCS(=O)(=O)c4ccc(F)cc43)ccc21. The number of carbonyl (C=O) groups is 1. The molecule has 4 rings (SSSR count). The van der Waals surface area contributed by atoms with Gasteiger partial charge in [-0.05, 0) is 50.2 Å². The molecule has 150 valence electrons. The zero-order valence-electron chi connectivity index (χ0n) is 15.9. The van der Waals surface area contributed by atoms with Crippen molar-refractivity contribution in [2.45, 2.75) is 31.7 Å². The predicted molar refractivity (Wildman–Crippen MR) is 107 cm³/mol. The molecule has 0 saturated carbocycles. The first-order chi connectivity index (χ1) is 13.8. The maximum Gasteiger partial charge on any atom is 0.271 e. The number of aromatic nitrogens is 2. The number of rotatable bonds is 3. The predicted octanol–water partition coefficient (Wildman–Crippen LogP) is 2.82. The molecule has 0 spiro atoms. The lowest BCUT2D eigenvalue weighted by atomic mass is 10.1. The molecule has 9 heteroatoms. The number of hydrogen-bond acceptors (Lipinski definition) is 5. The monoisotopic (exact) mass is 414 g/mol. The summed E-state index contributed by atoms with van der Waals surface area (Å²) in [5.41, 5.74) is 5.00. The maximum absolute atomic E-state index is 13.6. The van der Waals surface area contributed by atoms with Crippen LogP contribution in [0, 0.1) is 12.7 Å². The first-order valence-electron chi connectivity index (χ1n) is 9.16. The van der Waals surface area contributed by atoms with Crippen molar-refractivity contribution in [1.29, 1.82) is 0 Å². The van der Waals surface area contributed by atoms with Crippen molar-refractivity contribution in [2.24, 2.45) is 5.10 Å². The summed E-state index contributed by atoms with van der Waals surface area (Å²) < 4.78 is 40.1. The lowest BCUT2D eigenvalue weighted by Crippen LogP contribution is -2.26. The van der Waals surface area contributed by atoms with E-state index in [0.29, 0.717) is 16.8 Å². The van der Waals surface area contributed by atoms with Crippen LogP contribution in [0.2, 0.25) is 0 Å². The van der Waals surface area contributed by atoms with Crippen molar-refractivity contribution in [3.8, 4) is 0 Å². The summed E-state index contributed by atoms with van der Waals surface area (Å²) in [6, 6.07) is 8.66. The highest BCUT2D eigenvalue weighted by Gasteiger charge is 2.28. The fourth-order valence-electron chi connectivity index (χ4n) is 3.56. The van der Waals surface area contributed by atoms with Crippen LogP contribution in [-0.2, 0) is 16.4 Å². The Balaban J connectivity index is 1.64. The highest BCUT2D eigenvalue weighted by molar-refractivity contribution is 7.91. The number of nitrogens with zero attached hydrogens (tertiary/aromatic N) is 3. The largest absolute Gasteiger partial charge is 0.329 e. The minimum atomic E-state index is -3.48. The first-order valence-corrected chi connectivity index (χ1v) is 10.8. The quantitative estimate of drug-likeness (QED) is 0.527. The van der Waals surface area contributed by atoms with Crippen LogP contribution in [0.1, 0.15) is 35.1 Å². The van der Waals surface area contributed by atoms with E-state index in [9.17, 15) is 17.6 Å². The smallest absolute Gasteiger partial charge is 0.271 e. The molecule has 1 N–H and O–H groups in total. The number of carbonyl (C=O) groups excluding carboxylic acids is 1. The Hall–Kier alpha value is -3.07. The topological polar surface area (TPSA) is 93.4 Å². The summed E-state index contributed by atoms with van der Waals surface area (Å²) in [7, 11) is -3.48. The van der Waals surface area contributed by atoms with Crippen molar-refractivity contribution in [1.82, 2.24) is 15.0 Å². The highest BCUT2D eigenvalue weighted by Crippen LogP contribution is 2.26. The minimum absolute atomic E-state index is 0.0279.